The molecule has 4 nitrogen and oxygen atoms in total. The summed E-state index contributed by atoms with van der Waals surface area (Å²) >= 11 is 1.51. The van der Waals surface area contributed by atoms with E-state index in [0.29, 0.717) is 5.76 Å². The number of rotatable bonds is 5. The van der Waals surface area contributed by atoms with Gasteiger partial charge in [0.05, 0.1) is 12.8 Å². The second-order valence-corrected chi connectivity index (χ2v) is 5.13. The molecule has 2 aromatic rings. The molecule has 2 N–H and O–H groups in total. The second-order valence-electron chi connectivity index (χ2n) is 4.35. The van der Waals surface area contributed by atoms with Crippen LogP contribution in [0, 0.1) is 0 Å². The van der Waals surface area contributed by atoms with Crippen molar-refractivity contribution in [1.29, 1.82) is 0 Å². The summed E-state index contributed by atoms with van der Waals surface area (Å²) in [4.78, 5) is 11.6. The van der Waals surface area contributed by atoms with Gasteiger partial charge in [-0.25, -0.2) is 0 Å². The van der Waals surface area contributed by atoms with Crippen molar-refractivity contribution in [2.75, 3.05) is 6.54 Å². The zero-order chi connectivity index (χ0) is 13.7. The average molecular weight is 277 g/mol. The zero-order valence-electron chi connectivity index (χ0n) is 10.5. The highest BCUT2D eigenvalue weighted by atomic mass is 32.1. The van der Waals surface area contributed by atoms with Crippen LogP contribution in [0.3, 0.4) is 0 Å². The lowest BCUT2D eigenvalue weighted by molar-refractivity contribution is -0.117. The molecule has 0 saturated heterocycles. The van der Waals surface area contributed by atoms with Gasteiger partial charge in [-0.15, -0.1) is 0 Å². The van der Waals surface area contributed by atoms with Crippen LogP contribution in [0.1, 0.15) is 18.2 Å². The van der Waals surface area contributed by atoms with Crippen LogP contribution in [0.25, 0.3) is 6.08 Å². The minimum atomic E-state index is -1.06. The van der Waals surface area contributed by atoms with Gasteiger partial charge in [0, 0.05) is 6.08 Å². The van der Waals surface area contributed by atoms with Crippen molar-refractivity contribution in [2.45, 2.75) is 12.5 Å². The van der Waals surface area contributed by atoms with Gasteiger partial charge in [0.15, 0.2) is 0 Å². The summed E-state index contributed by atoms with van der Waals surface area (Å²) in [7, 11) is 0. The van der Waals surface area contributed by atoms with E-state index in [0.717, 1.165) is 5.56 Å². The van der Waals surface area contributed by atoms with Crippen molar-refractivity contribution >= 4 is 23.3 Å². The molecule has 5 heteroatoms. The number of thiophene rings is 1. The summed E-state index contributed by atoms with van der Waals surface area (Å²) in [5.41, 5.74) is -0.262. The molecule has 0 bridgehead atoms. The Balaban J connectivity index is 1.87. The highest BCUT2D eigenvalue weighted by Crippen LogP contribution is 2.21. The number of nitrogens with one attached hydrogen (secondary N) is 1. The minimum Gasteiger partial charge on any atom is -0.465 e. The molecule has 0 aliphatic carbocycles. The highest BCUT2D eigenvalue weighted by molar-refractivity contribution is 7.08. The predicted octanol–water partition coefficient (Wildman–Crippen LogP) is 2.38. The molecule has 0 spiro atoms. The van der Waals surface area contributed by atoms with Gasteiger partial charge in [0.2, 0.25) is 5.91 Å². The van der Waals surface area contributed by atoms with Crippen molar-refractivity contribution in [2.24, 2.45) is 0 Å². The van der Waals surface area contributed by atoms with Gasteiger partial charge in [-0.2, -0.15) is 11.3 Å². The fourth-order valence-electron chi connectivity index (χ4n) is 1.54. The predicted molar refractivity (Wildman–Crippen MR) is 74.6 cm³/mol. The highest BCUT2D eigenvalue weighted by Gasteiger charge is 2.23. The molecule has 2 heterocycles. The van der Waals surface area contributed by atoms with Gasteiger partial charge in [0.25, 0.3) is 0 Å². The molecule has 0 aliphatic heterocycles. The summed E-state index contributed by atoms with van der Waals surface area (Å²) in [5.74, 6) is 0.339. The Kier molecular flexibility index (Phi) is 4.19. The van der Waals surface area contributed by atoms with E-state index in [9.17, 15) is 9.90 Å². The van der Waals surface area contributed by atoms with Crippen LogP contribution in [-0.4, -0.2) is 17.6 Å². The number of hydrogen-bond donors (Lipinski definition) is 2. The first-order valence-corrected chi connectivity index (χ1v) is 6.77. The molecule has 100 valence electrons. The van der Waals surface area contributed by atoms with E-state index in [-0.39, 0.29) is 12.5 Å². The average Bonchev–Trinajstić information content (AvgIpc) is 3.06. The Morgan fingerprint density at radius 1 is 1.58 bits per heavy atom. The van der Waals surface area contributed by atoms with E-state index in [2.05, 4.69) is 5.32 Å². The Hall–Kier alpha value is -1.85. The Bertz CT molecular complexity index is 541. The Morgan fingerprint density at radius 2 is 2.42 bits per heavy atom. The SMILES string of the molecule is C[C@](O)(CNC(=O)/C=C/c1ccco1)c1ccsc1. The normalized spacial score (nSPS) is 14.4. The molecule has 0 aromatic carbocycles. The van der Waals surface area contributed by atoms with Crippen LogP contribution in [0.2, 0.25) is 0 Å². The maximum atomic E-state index is 11.6. The maximum Gasteiger partial charge on any atom is 0.244 e. The van der Waals surface area contributed by atoms with Gasteiger partial charge in [-0.1, -0.05) is 0 Å². The molecule has 19 heavy (non-hydrogen) atoms. The van der Waals surface area contributed by atoms with E-state index in [4.69, 9.17) is 4.42 Å². The summed E-state index contributed by atoms with van der Waals surface area (Å²) < 4.78 is 5.07. The van der Waals surface area contributed by atoms with Crippen LogP contribution in [0.15, 0.2) is 45.7 Å². The molecule has 2 aromatic heterocycles. The fraction of sp³-hybridized carbons (Fsp3) is 0.214. The van der Waals surface area contributed by atoms with Crippen LogP contribution < -0.4 is 5.32 Å². The first kappa shape index (κ1) is 13.6. The van der Waals surface area contributed by atoms with Crippen molar-refractivity contribution < 1.29 is 14.3 Å². The molecule has 2 rings (SSSR count). The van der Waals surface area contributed by atoms with Crippen molar-refractivity contribution in [3.05, 3.63) is 52.6 Å². The topological polar surface area (TPSA) is 62.5 Å². The molecule has 0 fully saturated rings. The standard InChI is InChI=1S/C14H15NO3S/c1-14(17,11-6-8-19-9-11)10-15-13(16)5-4-12-3-2-7-18-12/h2-9,17H,10H2,1H3,(H,15,16)/b5-4+/t14-/m0/s1. The molecule has 0 unspecified atom stereocenters. The number of amides is 1. The monoisotopic (exact) mass is 277 g/mol. The van der Waals surface area contributed by atoms with Crippen molar-refractivity contribution in [3.8, 4) is 0 Å². The summed E-state index contributed by atoms with van der Waals surface area (Å²) in [6.45, 7) is 1.83. The Labute approximate surface area is 115 Å². The van der Waals surface area contributed by atoms with E-state index in [1.54, 1.807) is 31.4 Å². The Morgan fingerprint density at radius 3 is 3.05 bits per heavy atom. The third-order valence-corrected chi connectivity index (χ3v) is 3.38. The van der Waals surface area contributed by atoms with Gasteiger partial charge in [-0.05, 0) is 47.5 Å². The quantitative estimate of drug-likeness (QED) is 0.825. The second kappa shape index (κ2) is 5.86. The van der Waals surface area contributed by atoms with E-state index >= 15 is 0 Å². The lowest BCUT2D eigenvalue weighted by Crippen LogP contribution is -2.37. The molecule has 0 aliphatic rings. The van der Waals surface area contributed by atoms with Crippen LogP contribution in [0.4, 0.5) is 0 Å². The molecule has 1 amide bonds. The van der Waals surface area contributed by atoms with Gasteiger partial charge in [-0.3, -0.25) is 4.79 Å². The molecule has 0 radical (unpaired) electrons. The van der Waals surface area contributed by atoms with E-state index in [1.807, 2.05) is 16.8 Å². The number of carbonyl (C=O) groups excluding carboxylic acids is 1. The summed E-state index contributed by atoms with van der Waals surface area (Å²) in [6.07, 6.45) is 4.50. The van der Waals surface area contributed by atoms with Crippen molar-refractivity contribution in [3.63, 3.8) is 0 Å². The van der Waals surface area contributed by atoms with Gasteiger partial charge < -0.3 is 14.8 Å². The lowest BCUT2D eigenvalue weighted by atomic mass is 9.99. The summed E-state index contributed by atoms with van der Waals surface area (Å²) in [5, 5.41) is 16.6. The number of carbonyl (C=O) groups is 1. The number of aliphatic hydroxyl groups is 1. The zero-order valence-corrected chi connectivity index (χ0v) is 11.3. The maximum absolute atomic E-state index is 11.6. The first-order chi connectivity index (χ1) is 9.08. The van der Waals surface area contributed by atoms with Crippen LogP contribution in [-0.2, 0) is 10.4 Å². The van der Waals surface area contributed by atoms with E-state index < -0.39 is 5.60 Å². The fourth-order valence-corrected chi connectivity index (χ4v) is 2.32. The van der Waals surface area contributed by atoms with Gasteiger partial charge >= 0.3 is 0 Å². The smallest absolute Gasteiger partial charge is 0.244 e. The lowest BCUT2D eigenvalue weighted by Gasteiger charge is -2.22. The van der Waals surface area contributed by atoms with Gasteiger partial charge in [0.1, 0.15) is 11.4 Å². The third kappa shape index (κ3) is 3.81. The molecular weight excluding hydrogens is 262 g/mol. The number of hydrogen-bond acceptors (Lipinski definition) is 4. The van der Waals surface area contributed by atoms with E-state index in [1.165, 1.54) is 17.4 Å². The largest absolute Gasteiger partial charge is 0.465 e. The number of furan rings is 1. The van der Waals surface area contributed by atoms with Crippen LogP contribution in [0.5, 0.6) is 0 Å². The molecular formula is C14H15NO3S. The minimum absolute atomic E-state index is 0.158. The van der Waals surface area contributed by atoms with Crippen LogP contribution >= 0.6 is 11.3 Å². The van der Waals surface area contributed by atoms with Crippen molar-refractivity contribution in [1.82, 2.24) is 5.32 Å². The first-order valence-electron chi connectivity index (χ1n) is 5.82. The molecule has 0 saturated carbocycles. The molecule has 1 atom stereocenters. The third-order valence-electron chi connectivity index (χ3n) is 2.69. The summed E-state index contributed by atoms with van der Waals surface area (Å²) in [6, 6.07) is 5.35.